The molecule has 0 unspecified atom stereocenters. The Balaban J connectivity index is 1.59. The predicted molar refractivity (Wildman–Crippen MR) is 123 cm³/mol. The van der Waals surface area contributed by atoms with Gasteiger partial charge in [0.2, 0.25) is 15.9 Å². The van der Waals surface area contributed by atoms with Crippen molar-refractivity contribution in [3.8, 4) is 0 Å². The summed E-state index contributed by atoms with van der Waals surface area (Å²) in [7, 11) is -3.41. The van der Waals surface area contributed by atoms with E-state index < -0.39 is 10.0 Å². The second kappa shape index (κ2) is 9.63. The fourth-order valence-corrected chi connectivity index (χ4v) is 5.42. The molecule has 30 heavy (non-hydrogen) atoms. The minimum atomic E-state index is -3.41. The molecule has 0 fully saturated rings. The quantitative estimate of drug-likeness (QED) is 0.502. The summed E-state index contributed by atoms with van der Waals surface area (Å²) in [5.41, 5.74) is 2.13. The molecule has 2 heterocycles. The van der Waals surface area contributed by atoms with Crippen molar-refractivity contribution in [2.75, 3.05) is 21.5 Å². The first kappa shape index (κ1) is 22.3. The zero-order valence-corrected chi connectivity index (χ0v) is 19.0. The van der Waals surface area contributed by atoms with Crippen LogP contribution < -0.4 is 15.6 Å². The summed E-state index contributed by atoms with van der Waals surface area (Å²) in [6, 6.07) is 6.55. The van der Waals surface area contributed by atoms with Gasteiger partial charge in [-0.2, -0.15) is 0 Å². The highest BCUT2D eigenvalue weighted by Crippen LogP contribution is 2.25. The number of nitrogens with one attached hydrogen (secondary N) is 2. The molecule has 3 rings (SSSR count). The summed E-state index contributed by atoms with van der Waals surface area (Å²) in [6.07, 6.45) is 2.20. The Labute approximate surface area is 182 Å². The monoisotopic (exact) mass is 466 g/mol. The lowest BCUT2D eigenvalue weighted by Gasteiger charge is -2.14. The smallest absolute Gasteiger partial charge is 0.258 e. The van der Waals surface area contributed by atoms with E-state index in [0.29, 0.717) is 39.8 Å². The highest BCUT2D eigenvalue weighted by molar-refractivity contribution is 7.99. The highest BCUT2D eigenvalue weighted by Gasteiger charge is 2.13. The van der Waals surface area contributed by atoms with Gasteiger partial charge in [-0.15, -0.1) is 23.1 Å². The molecule has 1 amide bonds. The van der Waals surface area contributed by atoms with Crippen molar-refractivity contribution in [3.05, 3.63) is 57.5 Å². The molecule has 0 aliphatic rings. The van der Waals surface area contributed by atoms with E-state index in [-0.39, 0.29) is 23.0 Å². The minimum absolute atomic E-state index is 0.0363. The third-order valence-electron chi connectivity index (χ3n) is 4.19. The molecule has 0 atom stereocenters. The van der Waals surface area contributed by atoms with Crippen LogP contribution in [0.4, 0.5) is 11.4 Å². The van der Waals surface area contributed by atoms with Crippen LogP contribution in [0.25, 0.3) is 4.96 Å². The number of anilines is 2. The number of rotatable bonds is 9. The summed E-state index contributed by atoms with van der Waals surface area (Å²) < 4.78 is 28.1. The van der Waals surface area contributed by atoms with Crippen molar-refractivity contribution in [3.63, 3.8) is 0 Å². The largest absolute Gasteiger partial charge is 0.325 e. The Kier molecular flexibility index (Phi) is 7.16. The molecule has 0 radical (unpaired) electrons. The molecule has 0 saturated heterocycles. The third kappa shape index (κ3) is 5.61. The molecule has 0 aliphatic heterocycles. The SMILES string of the molecule is CCCS(=O)(=O)Nc1cccc(NC(=O)CSCc2cc(=O)n3ccsc3n2)c1C. The van der Waals surface area contributed by atoms with E-state index in [2.05, 4.69) is 15.0 Å². The summed E-state index contributed by atoms with van der Waals surface area (Å²) >= 11 is 2.73. The van der Waals surface area contributed by atoms with Gasteiger partial charge in [0.1, 0.15) is 0 Å². The summed E-state index contributed by atoms with van der Waals surface area (Å²) in [5, 5.41) is 4.61. The number of carbonyl (C=O) groups is 1. The van der Waals surface area contributed by atoms with E-state index in [1.54, 1.807) is 43.6 Å². The predicted octanol–water partition coefficient (Wildman–Crippen LogP) is 3.09. The van der Waals surface area contributed by atoms with Crippen molar-refractivity contribution in [1.29, 1.82) is 0 Å². The Bertz CT molecular complexity index is 1220. The normalized spacial score (nSPS) is 11.5. The molecule has 2 aromatic heterocycles. The second-order valence-electron chi connectivity index (χ2n) is 6.58. The van der Waals surface area contributed by atoms with Gasteiger partial charge < -0.3 is 5.32 Å². The van der Waals surface area contributed by atoms with Gasteiger partial charge in [0, 0.05) is 29.1 Å². The molecule has 11 heteroatoms. The molecule has 8 nitrogen and oxygen atoms in total. The van der Waals surface area contributed by atoms with Crippen LogP contribution in [0.2, 0.25) is 0 Å². The van der Waals surface area contributed by atoms with E-state index >= 15 is 0 Å². The molecular formula is C19H22N4O4S3. The van der Waals surface area contributed by atoms with Crippen LogP contribution in [0, 0.1) is 6.92 Å². The van der Waals surface area contributed by atoms with Crippen molar-refractivity contribution < 1.29 is 13.2 Å². The van der Waals surface area contributed by atoms with Crippen LogP contribution >= 0.6 is 23.1 Å². The Hall–Kier alpha value is -2.37. The van der Waals surface area contributed by atoms with Gasteiger partial charge in [-0.1, -0.05) is 13.0 Å². The van der Waals surface area contributed by atoms with E-state index in [1.165, 1.54) is 33.6 Å². The number of nitrogens with zero attached hydrogens (tertiary/aromatic N) is 2. The molecule has 2 N–H and O–H groups in total. The molecule has 0 bridgehead atoms. The first-order valence-corrected chi connectivity index (χ1v) is 12.9. The Morgan fingerprint density at radius 1 is 1.30 bits per heavy atom. The van der Waals surface area contributed by atoms with Crippen LogP contribution in [-0.2, 0) is 20.6 Å². The van der Waals surface area contributed by atoms with Crippen molar-refractivity contribution in [2.24, 2.45) is 0 Å². The maximum Gasteiger partial charge on any atom is 0.258 e. The van der Waals surface area contributed by atoms with Crippen LogP contribution in [0.1, 0.15) is 24.6 Å². The summed E-state index contributed by atoms with van der Waals surface area (Å²) in [4.78, 5) is 29.4. The van der Waals surface area contributed by atoms with Crippen LogP contribution in [0.15, 0.2) is 40.6 Å². The van der Waals surface area contributed by atoms with E-state index in [4.69, 9.17) is 0 Å². The van der Waals surface area contributed by atoms with Gasteiger partial charge in [0.05, 0.1) is 22.9 Å². The summed E-state index contributed by atoms with van der Waals surface area (Å²) in [6.45, 7) is 3.55. The number of sulfonamides is 1. The maximum absolute atomic E-state index is 12.3. The summed E-state index contributed by atoms with van der Waals surface area (Å²) in [5.74, 6) is 0.434. The van der Waals surface area contributed by atoms with Crippen molar-refractivity contribution in [2.45, 2.75) is 26.0 Å². The van der Waals surface area contributed by atoms with E-state index in [1.807, 2.05) is 0 Å². The zero-order valence-electron chi connectivity index (χ0n) is 16.5. The van der Waals surface area contributed by atoms with E-state index in [9.17, 15) is 18.0 Å². The third-order valence-corrected chi connectivity index (χ3v) is 7.38. The van der Waals surface area contributed by atoms with Crippen LogP contribution in [0.5, 0.6) is 0 Å². The van der Waals surface area contributed by atoms with Crippen molar-refractivity contribution in [1.82, 2.24) is 9.38 Å². The van der Waals surface area contributed by atoms with Gasteiger partial charge in [0.15, 0.2) is 4.96 Å². The number of hydrogen-bond donors (Lipinski definition) is 2. The maximum atomic E-state index is 12.3. The number of amides is 1. The van der Waals surface area contributed by atoms with Gasteiger partial charge >= 0.3 is 0 Å². The number of fused-ring (bicyclic) bond motifs is 1. The highest BCUT2D eigenvalue weighted by atomic mass is 32.2. The number of aromatic nitrogens is 2. The van der Waals surface area contributed by atoms with E-state index in [0.717, 1.165) is 0 Å². The number of thiazole rings is 1. The zero-order chi connectivity index (χ0) is 21.7. The molecule has 160 valence electrons. The Morgan fingerprint density at radius 3 is 2.83 bits per heavy atom. The average molecular weight is 467 g/mol. The molecule has 3 aromatic rings. The lowest BCUT2D eigenvalue weighted by atomic mass is 10.1. The first-order chi connectivity index (χ1) is 14.3. The van der Waals surface area contributed by atoms with Gasteiger partial charge in [-0.3, -0.25) is 18.7 Å². The lowest BCUT2D eigenvalue weighted by Crippen LogP contribution is -2.18. The number of benzene rings is 1. The number of hydrogen-bond acceptors (Lipinski definition) is 7. The number of carbonyl (C=O) groups excluding carboxylic acids is 1. The minimum Gasteiger partial charge on any atom is -0.325 e. The molecule has 0 saturated carbocycles. The van der Waals surface area contributed by atoms with Gasteiger partial charge in [-0.05, 0) is 31.0 Å². The standard InChI is InChI=1S/C19H22N4O4S3/c1-3-9-30(26,27)22-16-6-4-5-15(13(16)2)21-17(24)12-28-11-14-10-18(25)23-7-8-29-19(23)20-14/h4-8,10,22H,3,9,11-12H2,1-2H3,(H,21,24). The molecule has 0 spiro atoms. The molecule has 1 aromatic carbocycles. The van der Waals surface area contributed by atoms with Crippen LogP contribution in [-0.4, -0.2) is 35.2 Å². The lowest BCUT2D eigenvalue weighted by molar-refractivity contribution is -0.113. The number of thioether (sulfide) groups is 1. The van der Waals surface area contributed by atoms with Crippen LogP contribution in [0.3, 0.4) is 0 Å². The first-order valence-electron chi connectivity index (χ1n) is 9.22. The molecule has 0 aliphatic carbocycles. The van der Waals surface area contributed by atoms with Crippen molar-refractivity contribution >= 4 is 55.4 Å². The Morgan fingerprint density at radius 2 is 2.07 bits per heavy atom. The topological polar surface area (TPSA) is 110 Å². The van der Waals surface area contributed by atoms with Gasteiger partial charge in [0.25, 0.3) is 5.56 Å². The molecular weight excluding hydrogens is 444 g/mol. The average Bonchev–Trinajstić information content (AvgIpc) is 3.14. The fraction of sp³-hybridized carbons (Fsp3) is 0.316. The second-order valence-corrected chi connectivity index (χ2v) is 10.3. The van der Waals surface area contributed by atoms with Gasteiger partial charge in [-0.25, -0.2) is 13.4 Å². The fourth-order valence-electron chi connectivity index (χ4n) is 2.77.